The number of ether oxygens (including phenoxy) is 3. The first kappa shape index (κ1) is 33.6. The minimum Gasteiger partial charge on any atom is -0.469 e. The predicted octanol–water partition coefficient (Wildman–Crippen LogP) is 6.51. The van der Waals surface area contributed by atoms with Gasteiger partial charge in [-0.05, 0) is 64.1 Å². The molecular formula is C32H52N2O6. The lowest BCUT2D eigenvalue weighted by atomic mass is 9.98. The third kappa shape index (κ3) is 13.6. The minimum atomic E-state index is -0.231. The van der Waals surface area contributed by atoms with Gasteiger partial charge in [-0.25, -0.2) is 4.79 Å². The quantitative estimate of drug-likeness (QED) is 0.102. The second-order valence-corrected chi connectivity index (χ2v) is 11.0. The molecule has 8 heteroatoms. The molecule has 2 rings (SSSR count). The zero-order valence-electron chi connectivity index (χ0n) is 25.1. The molecule has 1 aliphatic heterocycles. The predicted molar refractivity (Wildman–Crippen MR) is 157 cm³/mol. The molecule has 0 aromatic heterocycles. The molecule has 40 heavy (non-hydrogen) atoms. The topological polar surface area (TPSA) is 85.4 Å². The molecule has 1 fully saturated rings. The van der Waals surface area contributed by atoms with Gasteiger partial charge in [0.25, 0.3) is 0 Å². The van der Waals surface area contributed by atoms with Crippen molar-refractivity contribution in [3.8, 4) is 0 Å². The SMILES string of the molecule is COC(=O)CCCCCCC(CCCCCCC(=O)OC)N(CCC1CCCN1C)C(=O)OCc1ccccc1. The van der Waals surface area contributed by atoms with Gasteiger partial charge in [-0.1, -0.05) is 68.9 Å². The van der Waals surface area contributed by atoms with E-state index in [4.69, 9.17) is 14.2 Å². The van der Waals surface area contributed by atoms with Gasteiger partial charge in [0.15, 0.2) is 0 Å². The highest BCUT2D eigenvalue weighted by Crippen LogP contribution is 2.23. The van der Waals surface area contributed by atoms with E-state index in [-0.39, 0.29) is 30.7 Å². The summed E-state index contributed by atoms with van der Waals surface area (Å²) in [5.74, 6) is -0.316. The van der Waals surface area contributed by atoms with E-state index in [0.29, 0.717) is 25.4 Å². The Morgan fingerprint density at radius 2 is 1.45 bits per heavy atom. The molecule has 1 amide bonds. The molecule has 1 saturated heterocycles. The molecule has 0 aliphatic carbocycles. The fourth-order valence-corrected chi connectivity index (χ4v) is 5.52. The average Bonchev–Trinajstić information content (AvgIpc) is 3.39. The third-order valence-electron chi connectivity index (χ3n) is 8.05. The van der Waals surface area contributed by atoms with Crippen LogP contribution in [0.3, 0.4) is 0 Å². The van der Waals surface area contributed by atoms with Gasteiger partial charge in [-0.2, -0.15) is 0 Å². The summed E-state index contributed by atoms with van der Waals surface area (Å²) in [6, 6.07) is 10.4. The molecule has 0 spiro atoms. The molecule has 226 valence electrons. The van der Waals surface area contributed by atoms with Crippen LogP contribution in [0.4, 0.5) is 4.79 Å². The van der Waals surface area contributed by atoms with E-state index >= 15 is 0 Å². The van der Waals surface area contributed by atoms with Gasteiger partial charge in [-0.15, -0.1) is 0 Å². The highest BCUT2D eigenvalue weighted by molar-refractivity contribution is 5.69. The van der Waals surface area contributed by atoms with E-state index in [1.54, 1.807) is 0 Å². The largest absolute Gasteiger partial charge is 0.469 e. The number of nitrogens with zero attached hydrogens (tertiary/aromatic N) is 2. The number of unbranched alkanes of at least 4 members (excludes halogenated alkanes) is 6. The molecule has 0 saturated carbocycles. The first-order chi connectivity index (χ1) is 19.4. The third-order valence-corrected chi connectivity index (χ3v) is 8.05. The van der Waals surface area contributed by atoms with Crippen LogP contribution in [0.2, 0.25) is 0 Å². The van der Waals surface area contributed by atoms with Gasteiger partial charge in [0.1, 0.15) is 6.61 Å². The summed E-state index contributed by atoms with van der Waals surface area (Å²) in [6.45, 7) is 2.08. The first-order valence-electron chi connectivity index (χ1n) is 15.3. The number of amides is 1. The minimum absolute atomic E-state index is 0.108. The fraction of sp³-hybridized carbons (Fsp3) is 0.719. The Labute approximate surface area is 241 Å². The van der Waals surface area contributed by atoms with Crippen LogP contribution in [0, 0.1) is 0 Å². The molecular weight excluding hydrogens is 508 g/mol. The number of rotatable bonds is 20. The maximum absolute atomic E-state index is 13.5. The zero-order valence-corrected chi connectivity index (χ0v) is 25.1. The molecule has 1 heterocycles. The zero-order chi connectivity index (χ0) is 29.0. The maximum Gasteiger partial charge on any atom is 0.410 e. The molecule has 1 aliphatic rings. The fourth-order valence-electron chi connectivity index (χ4n) is 5.52. The number of carbonyl (C=O) groups excluding carboxylic acids is 3. The van der Waals surface area contributed by atoms with E-state index in [9.17, 15) is 14.4 Å². The summed E-state index contributed by atoms with van der Waals surface area (Å²) in [5, 5.41) is 0. The summed E-state index contributed by atoms with van der Waals surface area (Å²) in [6.07, 6.45) is 13.5. The Kier molecular flexibility index (Phi) is 17.0. The van der Waals surface area contributed by atoms with Crippen LogP contribution in [0.1, 0.15) is 102 Å². The van der Waals surface area contributed by atoms with E-state index in [0.717, 1.165) is 82.7 Å². The van der Waals surface area contributed by atoms with Crippen LogP contribution >= 0.6 is 0 Å². The molecule has 1 aromatic rings. The van der Waals surface area contributed by atoms with E-state index in [1.165, 1.54) is 27.1 Å². The summed E-state index contributed by atoms with van der Waals surface area (Å²) >= 11 is 0. The highest BCUT2D eigenvalue weighted by atomic mass is 16.6. The van der Waals surface area contributed by atoms with Crippen molar-refractivity contribution in [2.75, 3.05) is 34.4 Å². The number of likely N-dealkylation sites (tertiary alicyclic amines) is 1. The van der Waals surface area contributed by atoms with Gasteiger partial charge in [0, 0.05) is 31.5 Å². The van der Waals surface area contributed by atoms with E-state index < -0.39 is 0 Å². The number of esters is 2. The van der Waals surface area contributed by atoms with E-state index in [1.807, 2.05) is 35.2 Å². The lowest BCUT2D eigenvalue weighted by Crippen LogP contribution is -2.43. The van der Waals surface area contributed by atoms with Crippen molar-refractivity contribution in [2.24, 2.45) is 0 Å². The van der Waals surface area contributed by atoms with Crippen molar-refractivity contribution in [1.29, 1.82) is 0 Å². The van der Waals surface area contributed by atoms with Gasteiger partial charge < -0.3 is 24.0 Å². The van der Waals surface area contributed by atoms with Gasteiger partial charge in [-0.3, -0.25) is 9.59 Å². The van der Waals surface area contributed by atoms with Crippen molar-refractivity contribution < 1.29 is 28.6 Å². The summed E-state index contributed by atoms with van der Waals surface area (Å²) < 4.78 is 15.4. The number of methoxy groups -OCH3 is 2. The van der Waals surface area contributed by atoms with Crippen molar-refractivity contribution in [3.05, 3.63) is 35.9 Å². The number of hydrogen-bond acceptors (Lipinski definition) is 7. The number of hydrogen-bond donors (Lipinski definition) is 0. The average molecular weight is 561 g/mol. The second-order valence-electron chi connectivity index (χ2n) is 11.0. The van der Waals surface area contributed by atoms with Crippen LogP contribution in [0.25, 0.3) is 0 Å². The Hall–Kier alpha value is -2.61. The van der Waals surface area contributed by atoms with Gasteiger partial charge in [0.2, 0.25) is 0 Å². The van der Waals surface area contributed by atoms with Gasteiger partial charge >= 0.3 is 18.0 Å². The Morgan fingerprint density at radius 1 is 0.875 bits per heavy atom. The smallest absolute Gasteiger partial charge is 0.410 e. The van der Waals surface area contributed by atoms with Crippen LogP contribution in [-0.4, -0.2) is 74.3 Å². The van der Waals surface area contributed by atoms with Crippen LogP contribution in [0.15, 0.2) is 30.3 Å². The Balaban J connectivity index is 1.99. The lowest BCUT2D eigenvalue weighted by molar-refractivity contribution is -0.141. The van der Waals surface area contributed by atoms with Gasteiger partial charge in [0.05, 0.1) is 14.2 Å². The molecule has 0 radical (unpaired) electrons. The Bertz CT molecular complexity index is 821. The molecule has 0 N–H and O–H groups in total. The number of carbonyl (C=O) groups is 3. The van der Waals surface area contributed by atoms with Crippen molar-refractivity contribution in [3.63, 3.8) is 0 Å². The molecule has 0 bridgehead atoms. The molecule has 8 nitrogen and oxygen atoms in total. The first-order valence-corrected chi connectivity index (χ1v) is 15.3. The van der Waals surface area contributed by atoms with Crippen LogP contribution in [0.5, 0.6) is 0 Å². The number of benzene rings is 1. The molecule has 1 unspecified atom stereocenters. The summed E-state index contributed by atoms with van der Waals surface area (Å²) in [5.41, 5.74) is 0.985. The van der Waals surface area contributed by atoms with E-state index in [2.05, 4.69) is 11.9 Å². The Morgan fingerprint density at radius 3 is 1.98 bits per heavy atom. The summed E-state index contributed by atoms with van der Waals surface area (Å²) in [7, 11) is 5.03. The molecule has 1 atom stereocenters. The van der Waals surface area contributed by atoms with Crippen molar-refractivity contribution in [1.82, 2.24) is 9.80 Å². The molecule has 1 aromatic carbocycles. The monoisotopic (exact) mass is 560 g/mol. The summed E-state index contributed by atoms with van der Waals surface area (Å²) in [4.78, 5) is 40.8. The highest BCUT2D eigenvalue weighted by Gasteiger charge is 2.28. The van der Waals surface area contributed by atoms with Crippen LogP contribution < -0.4 is 0 Å². The van der Waals surface area contributed by atoms with Crippen LogP contribution in [-0.2, 0) is 30.4 Å². The second kappa shape index (κ2) is 20.3. The van der Waals surface area contributed by atoms with Crippen molar-refractivity contribution in [2.45, 2.75) is 115 Å². The lowest BCUT2D eigenvalue weighted by Gasteiger charge is -2.33. The van der Waals surface area contributed by atoms with Crippen molar-refractivity contribution >= 4 is 18.0 Å². The maximum atomic E-state index is 13.5. The normalized spacial score (nSPS) is 15.2. The standard InChI is InChI=1S/C32H52N2O6/c1-33-24-15-20-28(33)23-25-34(32(37)40-26-27-16-9-8-10-17-27)29(18-11-4-6-13-21-30(35)38-2)19-12-5-7-14-22-31(36)39-3/h8-10,16-17,28-29H,4-7,11-15,18-26H2,1-3H3.